The number of amides is 1. The Bertz CT molecular complexity index is 1540. The molecule has 1 aromatic heterocycles. The SMILES string of the molecule is Cc1cc(NC(=O)c2ccc(NS(=O)(=O)C3(CO)CC3)cc2N2CCC(=C(F)F)CC2)nc(N2CCC(F)(F)CC2)c1F. The average Bonchev–Trinajstić information content (AvgIpc) is 3.77. The number of anilines is 4. The Labute approximate surface area is 245 Å². The van der Waals surface area contributed by atoms with Gasteiger partial charge in [0.1, 0.15) is 10.6 Å². The average molecular weight is 630 g/mol. The number of nitrogens with zero attached hydrogens (tertiary/aromatic N) is 3. The van der Waals surface area contributed by atoms with Gasteiger partial charge in [0.05, 0.1) is 23.5 Å². The summed E-state index contributed by atoms with van der Waals surface area (Å²) in [6.07, 6.45) is -1.97. The number of aliphatic hydroxyl groups is 1. The molecule has 15 heteroatoms. The minimum absolute atomic E-state index is 0.00622. The number of aliphatic hydroxyl groups excluding tert-OH is 1. The molecule has 0 unspecified atom stereocenters. The van der Waals surface area contributed by atoms with Gasteiger partial charge in [0, 0.05) is 39.0 Å². The van der Waals surface area contributed by atoms with E-state index in [0.717, 1.165) is 0 Å². The van der Waals surface area contributed by atoms with Gasteiger partial charge in [-0.25, -0.2) is 26.6 Å². The number of alkyl halides is 2. The van der Waals surface area contributed by atoms with Crippen LogP contribution < -0.4 is 19.8 Å². The highest BCUT2D eigenvalue weighted by Crippen LogP contribution is 2.44. The number of rotatable bonds is 8. The summed E-state index contributed by atoms with van der Waals surface area (Å²) in [4.78, 5) is 20.9. The quantitative estimate of drug-likeness (QED) is 0.351. The number of aromatic nitrogens is 1. The van der Waals surface area contributed by atoms with Crippen LogP contribution in [0.3, 0.4) is 0 Å². The van der Waals surface area contributed by atoms with Crippen molar-refractivity contribution in [3.8, 4) is 0 Å². The van der Waals surface area contributed by atoms with Crippen molar-refractivity contribution in [1.82, 2.24) is 4.98 Å². The summed E-state index contributed by atoms with van der Waals surface area (Å²) >= 11 is 0. The van der Waals surface area contributed by atoms with Gasteiger partial charge >= 0.3 is 0 Å². The maximum absolute atomic E-state index is 15.0. The van der Waals surface area contributed by atoms with Gasteiger partial charge in [0.25, 0.3) is 17.9 Å². The fraction of sp³-hybridized carbons (Fsp3) is 0.500. The van der Waals surface area contributed by atoms with E-state index in [4.69, 9.17) is 0 Å². The number of carbonyl (C=O) groups is 1. The summed E-state index contributed by atoms with van der Waals surface area (Å²) in [5.41, 5.74) is 0.643. The second kappa shape index (κ2) is 11.6. The zero-order chi connectivity index (χ0) is 31.2. The predicted octanol–water partition coefficient (Wildman–Crippen LogP) is 5.03. The first-order valence-corrected chi connectivity index (χ1v) is 15.4. The number of hydrogen-bond acceptors (Lipinski definition) is 7. The van der Waals surface area contributed by atoms with E-state index in [2.05, 4.69) is 15.0 Å². The number of piperidine rings is 2. The van der Waals surface area contributed by atoms with Crippen LogP contribution >= 0.6 is 0 Å². The first-order valence-electron chi connectivity index (χ1n) is 13.9. The molecule has 5 rings (SSSR count). The lowest BCUT2D eigenvalue weighted by Crippen LogP contribution is -2.40. The molecule has 43 heavy (non-hydrogen) atoms. The van der Waals surface area contributed by atoms with Gasteiger partial charge in [-0.15, -0.1) is 0 Å². The van der Waals surface area contributed by atoms with Gasteiger partial charge in [-0.2, -0.15) is 8.78 Å². The Morgan fingerprint density at radius 1 is 1.02 bits per heavy atom. The van der Waals surface area contributed by atoms with Crippen molar-refractivity contribution in [2.24, 2.45) is 0 Å². The Morgan fingerprint density at radius 3 is 2.26 bits per heavy atom. The van der Waals surface area contributed by atoms with Crippen molar-refractivity contribution >= 4 is 38.9 Å². The van der Waals surface area contributed by atoms with E-state index in [-0.39, 0.29) is 78.7 Å². The van der Waals surface area contributed by atoms with Crippen LogP contribution in [0, 0.1) is 12.7 Å². The van der Waals surface area contributed by atoms with E-state index in [9.17, 15) is 40.3 Å². The third-order valence-corrected chi connectivity index (χ3v) is 10.5. The van der Waals surface area contributed by atoms with E-state index in [1.54, 1.807) is 4.90 Å². The molecule has 0 atom stereocenters. The van der Waals surface area contributed by atoms with Crippen molar-refractivity contribution in [3.63, 3.8) is 0 Å². The van der Waals surface area contributed by atoms with Crippen molar-refractivity contribution in [3.05, 3.63) is 52.9 Å². The molecular weight excluding hydrogens is 597 g/mol. The second-order valence-electron chi connectivity index (χ2n) is 11.3. The van der Waals surface area contributed by atoms with Gasteiger partial charge in [0.15, 0.2) is 11.6 Å². The largest absolute Gasteiger partial charge is 0.395 e. The highest BCUT2D eigenvalue weighted by atomic mass is 32.2. The normalized spacial score (nSPS) is 19.7. The molecule has 2 saturated heterocycles. The van der Waals surface area contributed by atoms with Crippen LogP contribution in [0.25, 0.3) is 0 Å². The topological polar surface area (TPSA) is 115 Å². The number of aryl methyl sites for hydroxylation is 1. The number of sulfonamides is 1. The van der Waals surface area contributed by atoms with Crippen molar-refractivity contribution in [1.29, 1.82) is 0 Å². The lowest BCUT2D eigenvalue weighted by molar-refractivity contribution is -0.0222. The number of halogens is 5. The summed E-state index contributed by atoms with van der Waals surface area (Å²) in [5, 5.41) is 12.2. The highest BCUT2D eigenvalue weighted by Gasteiger charge is 2.54. The molecule has 2 aromatic rings. The molecule has 9 nitrogen and oxygen atoms in total. The monoisotopic (exact) mass is 629 g/mol. The lowest BCUT2D eigenvalue weighted by atomic mass is 10.0. The van der Waals surface area contributed by atoms with Crippen LogP contribution in [0.15, 0.2) is 35.9 Å². The van der Waals surface area contributed by atoms with Crippen LogP contribution in [-0.4, -0.2) is 67.9 Å². The predicted molar refractivity (Wildman–Crippen MR) is 152 cm³/mol. The zero-order valence-electron chi connectivity index (χ0n) is 23.4. The van der Waals surface area contributed by atoms with Crippen LogP contribution in [0.5, 0.6) is 0 Å². The molecule has 234 valence electrons. The smallest absolute Gasteiger partial charge is 0.269 e. The number of pyridine rings is 1. The molecule has 3 aliphatic rings. The number of benzene rings is 1. The van der Waals surface area contributed by atoms with Gasteiger partial charge in [0.2, 0.25) is 10.0 Å². The van der Waals surface area contributed by atoms with E-state index in [1.807, 2.05) is 0 Å². The molecule has 1 amide bonds. The Hall–Kier alpha value is -3.46. The van der Waals surface area contributed by atoms with Crippen LogP contribution in [0.2, 0.25) is 0 Å². The highest BCUT2D eigenvalue weighted by molar-refractivity contribution is 7.94. The Morgan fingerprint density at radius 2 is 1.67 bits per heavy atom. The van der Waals surface area contributed by atoms with E-state index >= 15 is 0 Å². The van der Waals surface area contributed by atoms with Gasteiger partial charge in [-0.3, -0.25) is 9.52 Å². The van der Waals surface area contributed by atoms with Crippen molar-refractivity contribution < 1.29 is 40.3 Å². The van der Waals surface area contributed by atoms with E-state index in [0.29, 0.717) is 12.8 Å². The molecule has 2 aliphatic heterocycles. The molecule has 0 spiro atoms. The first kappa shape index (κ1) is 31.0. The van der Waals surface area contributed by atoms with Crippen LogP contribution in [0.4, 0.5) is 45.0 Å². The minimum Gasteiger partial charge on any atom is -0.395 e. The summed E-state index contributed by atoms with van der Waals surface area (Å²) in [6.45, 7) is 0.971. The number of hydrogen-bond donors (Lipinski definition) is 3. The molecule has 3 N–H and O–H groups in total. The summed E-state index contributed by atoms with van der Waals surface area (Å²) in [6, 6.07) is 5.50. The summed E-state index contributed by atoms with van der Waals surface area (Å²) < 4.78 is 95.7. The molecule has 0 radical (unpaired) electrons. The molecular formula is C28H32F5N5O4S. The standard InChI is InChI=1S/C28H32F5N5O4S/c1-17-14-22(34-25(23(17)29)38-12-8-28(32,33)9-13-38)35-26(40)20-3-2-19(36-43(41,42)27(16-39)6-7-27)15-21(20)37-10-4-18(5-11-37)24(30)31/h2-3,14-15,36,39H,4-13,16H2,1H3,(H,34,35,40). The van der Waals surface area contributed by atoms with Crippen LogP contribution in [0.1, 0.15) is 54.4 Å². The lowest BCUT2D eigenvalue weighted by Gasteiger charge is -2.33. The van der Waals surface area contributed by atoms with Gasteiger partial charge in [-0.05, 0) is 68.0 Å². The van der Waals surface area contributed by atoms with Crippen molar-refractivity contribution in [2.75, 3.05) is 52.6 Å². The van der Waals surface area contributed by atoms with E-state index in [1.165, 1.54) is 36.1 Å². The summed E-state index contributed by atoms with van der Waals surface area (Å²) in [7, 11) is -3.96. The first-order chi connectivity index (χ1) is 20.2. The maximum Gasteiger partial charge on any atom is 0.269 e. The van der Waals surface area contributed by atoms with Crippen molar-refractivity contribution in [2.45, 2.75) is 56.1 Å². The molecule has 1 aliphatic carbocycles. The maximum atomic E-state index is 15.0. The Balaban J connectivity index is 1.43. The van der Waals surface area contributed by atoms with Gasteiger partial charge < -0.3 is 20.2 Å². The molecule has 3 fully saturated rings. The number of carbonyl (C=O) groups excluding carboxylic acids is 1. The Kier molecular flexibility index (Phi) is 8.33. The second-order valence-corrected chi connectivity index (χ2v) is 13.4. The number of nitrogens with one attached hydrogen (secondary N) is 2. The van der Waals surface area contributed by atoms with Gasteiger partial charge in [-0.1, -0.05) is 0 Å². The van der Waals surface area contributed by atoms with E-state index < -0.39 is 57.9 Å². The van der Waals surface area contributed by atoms with Crippen LogP contribution in [-0.2, 0) is 10.0 Å². The molecule has 1 aromatic carbocycles. The summed E-state index contributed by atoms with van der Waals surface area (Å²) in [5.74, 6) is -4.38. The third-order valence-electron chi connectivity index (χ3n) is 8.29. The molecule has 1 saturated carbocycles. The fourth-order valence-electron chi connectivity index (χ4n) is 5.31. The molecule has 0 bridgehead atoms. The minimum atomic E-state index is -3.96. The molecule has 3 heterocycles. The third kappa shape index (κ3) is 6.42. The fourth-order valence-corrected chi connectivity index (χ4v) is 6.78. The zero-order valence-corrected chi connectivity index (χ0v) is 24.2.